The van der Waals surface area contributed by atoms with Crippen molar-refractivity contribution in [3.8, 4) is 0 Å². The molecule has 22 heavy (non-hydrogen) atoms. The van der Waals surface area contributed by atoms with E-state index in [1.165, 1.54) is 5.01 Å². The van der Waals surface area contributed by atoms with Gasteiger partial charge in [0.05, 0.1) is 11.4 Å². The van der Waals surface area contributed by atoms with E-state index >= 15 is 0 Å². The summed E-state index contributed by atoms with van der Waals surface area (Å²) in [5.41, 5.74) is 1.91. The SMILES string of the molecule is Cl.Cl.N=C(CCSCc1ccccn1)N(N)c1ccccc1. The molecular formula is C15H20Cl2N4S. The Morgan fingerprint density at radius 2 is 1.77 bits per heavy atom. The van der Waals surface area contributed by atoms with E-state index in [0.717, 1.165) is 22.9 Å². The van der Waals surface area contributed by atoms with Crippen LogP contribution in [0.15, 0.2) is 54.7 Å². The van der Waals surface area contributed by atoms with E-state index in [2.05, 4.69) is 4.98 Å². The Kier molecular flexibility index (Phi) is 10.7. The summed E-state index contributed by atoms with van der Waals surface area (Å²) in [6, 6.07) is 15.5. The van der Waals surface area contributed by atoms with Crippen molar-refractivity contribution < 1.29 is 0 Å². The molecule has 2 rings (SSSR count). The third-order valence-corrected chi connectivity index (χ3v) is 3.78. The lowest BCUT2D eigenvalue weighted by atomic mass is 10.3. The highest BCUT2D eigenvalue weighted by atomic mass is 35.5. The van der Waals surface area contributed by atoms with Crippen LogP contribution in [0, 0.1) is 5.41 Å². The Hall–Kier alpha value is -1.27. The smallest absolute Gasteiger partial charge is 0.116 e. The number of hydrazine groups is 1. The molecule has 120 valence electrons. The number of hydrogen-bond acceptors (Lipinski definition) is 4. The Balaban J connectivity index is 0.00000220. The van der Waals surface area contributed by atoms with Gasteiger partial charge >= 0.3 is 0 Å². The van der Waals surface area contributed by atoms with Crippen LogP contribution in [0.25, 0.3) is 0 Å². The summed E-state index contributed by atoms with van der Waals surface area (Å²) in [5.74, 6) is 8.06. The lowest BCUT2D eigenvalue weighted by molar-refractivity contribution is 1.05. The first-order chi connectivity index (χ1) is 9.77. The normalized spacial score (nSPS) is 9.32. The fourth-order valence-electron chi connectivity index (χ4n) is 1.69. The van der Waals surface area contributed by atoms with Crippen LogP contribution in [-0.4, -0.2) is 16.6 Å². The molecule has 1 aromatic heterocycles. The molecule has 4 nitrogen and oxygen atoms in total. The summed E-state index contributed by atoms with van der Waals surface area (Å²) in [6.07, 6.45) is 2.44. The average Bonchev–Trinajstić information content (AvgIpc) is 2.52. The van der Waals surface area contributed by atoms with Gasteiger partial charge in [-0.2, -0.15) is 11.8 Å². The summed E-state index contributed by atoms with van der Waals surface area (Å²) in [5, 5.41) is 9.42. The zero-order valence-electron chi connectivity index (χ0n) is 12.0. The first kappa shape index (κ1) is 20.7. The van der Waals surface area contributed by atoms with Gasteiger partial charge in [-0.25, -0.2) is 5.84 Å². The van der Waals surface area contributed by atoms with Crippen LogP contribution in [0.4, 0.5) is 5.69 Å². The third-order valence-electron chi connectivity index (χ3n) is 2.78. The minimum absolute atomic E-state index is 0. The van der Waals surface area contributed by atoms with Crippen LogP contribution in [0.1, 0.15) is 12.1 Å². The first-order valence-electron chi connectivity index (χ1n) is 6.42. The van der Waals surface area contributed by atoms with Gasteiger partial charge in [-0.1, -0.05) is 24.3 Å². The molecule has 0 amide bonds. The van der Waals surface area contributed by atoms with Crippen LogP contribution in [0.2, 0.25) is 0 Å². The average molecular weight is 359 g/mol. The van der Waals surface area contributed by atoms with Gasteiger partial charge in [0.1, 0.15) is 5.84 Å². The minimum Gasteiger partial charge on any atom is -0.287 e. The van der Waals surface area contributed by atoms with Gasteiger partial charge in [-0.3, -0.25) is 15.4 Å². The predicted octanol–water partition coefficient (Wildman–Crippen LogP) is 3.91. The summed E-state index contributed by atoms with van der Waals surface area (Å²) in [6.45, 7) is 0. The van der Waals surface area contributed by atoms with Crippen molar-refractivity contribution in [3.63, 3.8) is 0 Å². The van der Waals surface area contributed by atoms with Crippen molar-refractivity contribution in [2.75, 3.05) is 10.8 Å². The van der Waals surface area contributed by atoms with Crippen LogP contribution in [-0.2, 0) is 5.75 Å². The molecule has 0 aliphatic carbocycles. The van der Waals surface area contributed by atoms with Crippen LogP contribution < -0.4 is 10.9 Å². The number of thioether (sulfide) groups is 1. The van der Waals surface area contributed by atoms with Crippen molar-refractivity contribution in [2.45, 2.75) is 12.2 Å². The van der Waals surface area contributed by atoms with Gasteiger partial charge in [0.15, 0.2) is 0 Å². The highest BCUT2D eigenvalue weighted by molar-refractivity contribution is 7.98. The van der Waals surface area contributed by atoms with Crippen LogP contribution in [0.3, 0.4) is 0 Å². The molecular weight excluding hydrogens is 339 g/mol. The number of nitrogens with one attached hydrogen (secondary N) is 1. The van der Waals surface area contributed by atoms with E-state index in [4.69, 9.17) is 11.3 Å². The number of anilines is 1. The lowest BCUT2D eigenvalue weighted by Gasteiger charge is -2.19. The number of hydrogen-bond donors (Lipinski definition) is 2. The monoisotopic (exact) mass is 358 g/mol. The number of para-hydroxylation sites is 1. The molecule has 0 spiro atoms. The Bertz CT molecular complexity index is 540. The first-order valence-corrected chi connectivity index (χ1v) is 7.58. The lowest BCUT2D eigenvalue weighted by Crippen LogP contribution is -2.37. The van der Waals surface area contributed by atoms with E-state index < -0.39 is 0 Å². The predicted molar refractivity (Wildman–Crippen MR) is 100 cm³/mol. The summed E-state index contributed by atoms with van der Waals surface area (Å²) < 4.78 is 0. The van der Waals surface area contributed by atoms with Gasteiger partial charge in [0, 0.05) is 24.1 Å². The zero-order valence-corrected chi connectivity index (χ0v) is 14.5. The molecule has 2 aromatic rings. The molecule has 0 aliphatic rings. The second-order valence-electron chi connectivity index (χ2n) is 4.28. The zero-order chi connectivity index (χ0) is 14.2. The maximum atomic E-state index is 7.99. The summed E-state index contributed by atoms with van der Waals surface area (Å²) >= 11 is 1.76. The second-order valence-corrected chi connectivity index (χ2v) is 5.38. The molecule has 1 aromatic carbocycles. The van der Waals surface area contributed by atoms with Crippen molar-refractivity contribution in [2.24, 2.45) is 5.84 Å². The van der Waals surface area contributed by atoms with E-state index in [1.807, 2.05) is 48.5 Å². The Morgan fingerprint density at radius 1 is 1.09 bits per heavy atom. The molecule has 0 aliphatic heterocycles. The maximum absolute atomic E-state index is 7.99. The number of nitrogens with two attached hydrogens (primary N) is 1. The van der Waals surface area contributed by atoms with Gasteiger partial charge < -0.3 is 0 Å². The van der Waals surface area contributed by atoms with Gasteiger partial charge in [0.25, 0.3) is 0 Å². The molecule has 0 atom stereocenters. The van der Waals surface area contributed by atoms with Crippen molar-refractivity contribution in [3.05, 3.63) is 60.4 Å². The Morgan fingerprint density at radius 3 is 2.41 bits per heavy atom. The number of benzene rings is 1. The van der Waals surface area contributed by atoms with Crippen molar-refractivity contribution >= 4 is 48.1 Å². The molecule has 0 saturated heterocycles. The van der Waals surface area contributed by atoms with E-state index in [0.29, 0.717) is 12.3 Å². The number of rotatable bonds is 6. The highest BCUT2D eigenvalue weighted by Crippen LogP contribution is 2.14. The third kappa shape index (κ3) is 6.66. The van der Waals surface area contributed by atoms with E-state index in [1.54, 1.807) is 18.0 Å². The van der Waals surface area contributed by atoms with Gasteiger partial charge in [-0.15, -0.1) is 24.8 Å². The van der Waals surface area contributed by atoms with Crippen LogP contribution >= 0.6 is 36.6 Å². The largest absolute Gasteiger partial charge is 0.287 e. The van der Waals surface area contributed by atoms with E-state index in [9.17, 15) is 0 Å². The van der Waals surface area contributed by atoms with Gasteiger partial charge in [0.2, 0.25) is 0 Å². The van der Waals surface area contributed by atoms with Gasteiger partial charge in [-0.05, 0) is 24.3 Å². The van der Waals surface area contributed by atoms with Crippen molar-refractivity contribution in [1.29, 1.82) is 5.41 Å². The highest BCUT2D eigenvalue weighted by Gasteiger charge is 2.07. The fourth-order valence-corrected chi connectivity index (χ4v) is 2.56. The molecule has 3 N–H and O–H groups in total. The number of nitrogens with zero attached hydrogens (tertiary/aromatic N) is 2. The number of aromatic nitrogens is 1. The molecule has 0 unspecified atom stereocenters. The van der Waals surface area contributed by atoms with Crippen molar-refractivity contribution in [1.82, 2.24) is 4.98 Å². The number of halogens is 2. The quantitative estimate of drug-likeness (QED) is 0.270. The molecule has 0 bridgehead atoms. The minimum atomic E-state index is 0. The maximum Gasteiger partial charge on any atom is 0.116 e. The molecule has 0 saturated carbocycles. The van der Waals surface area contributed by atoms with E-state index in [-0.39, 0.29) is 24.8 Å². The number of pyridine rings is 1. The number of amidine groups is 1. The summed E-state index contributed by atoms with van der Waals surface area (Å²) in [4.78, 5) is 4.27. The van der Waals surface area contributed by atoms with Crippen LogP contribution in [0.5, 0.6) is 0 Å². The summed E-state index contributed by atoms with van der Waals surface area (Å²) in [7, 11) is 0. The molecule has 1 heterocycles. The molecule has 7 heteroatoms. The topological polar surface area (TPSA) is 66.0 Å². The standard InChI is InChI=1S/C15H18N4S.2ClH/c16-15(19(17)14-7-2-1-3-8-14)9-11-20-12-13-6-4-5-10-18-13;;/h1-8,10,16H,9,11-12,17H2;2*1H. The Labute approximate surface area is 147 Å². The second kappa shape index (κ2) is 11.3. The fraction of sp³-hybridized carbons (Fsp3) is 0.200. The molecule has 0 radical (unpaired) electrons. The molecule has 0 fully saturated rings.